The quantitative estimate of drug-likeness (QED) is 0.273. The number of rotatable bonds is 2. The topological polar surface area (TPSA) is 171 Å². The summed E-state index contributed by atoms with van der Waals surface area (Å²) in [5, 5.41) is 77.1. The largest absolute Gasteiger partial charge is 0.504 e. The molecule has 0 amide bonds. The number of hydrogen-bond donors (Lipinski definition) is 8. The van der Waals surface area contributed by atoms with Crippen LogP contribution in [0.3, 0.4) is 0 Å². The number of phenolic OH excluding ortho intramolecular Hbond substituents is 3. The van der Waals surface area contributed by atoms with Gasteiger partial charge in [-0.25, -0.2) is 0 Å². The Balaban J connectivity index is 2.52. The van der Waals surface area contributed by atoms with Crippen LogP contribution in [0.4, 0.5) is 0 Å². The summed E-state index contributed by atoms with van der Waals surface area (Å²) in [6, 6.07) is 1.87. The molecule has 0 saturated carbocycles. The molecule has 5 atom stereocenters. The molecule has 118 valence electrons. The van der Waals surface area contributed by atoms with Crippen molar-refractivity contribution in [3.8, 4) is 17.2 Å². The molecule has 1 fully saturated rings. The summed E-state index contributed by atoms with van der Waals surface area (Å²) in [5.41, 5.74) is -0.547. The lowest BCUT2D eigenvalue weighted by molar-refractivity contribution is -0.358. The minimum atomic E-state index is -2.71. The molecule has 1 aliphatic heterocycles. The molecule has 5 unspecified atom stereocenters. The molecule has 0 aromatic heterocycles. The molecule has 21 heavy (non-hydrogen) atoms. The van der Waals surface area contributed by atoms with E-state index in [1.54, 1.807) is 0 Å². The van der Waals surface area contributed by atoms with Crippen molar-refractivity contribution in [2.45, 2.75) is 30.2 Å². The Morgan fingerprint density at radius 1 is 1.00 bits per heavy atom. The van der Waals surface area contributed by atoms with E-state index in [1.807, 2.05) is 0 Å². The molecule has 2 rings (SSSR count). The zero-order valence-corrected chi connectivity index (χ0v) is 10.7. The number of phenols is 3. The normalized spacial score (nSPS) is 36.6. The average molecular weight is 304 g/mol. The first-order chi connectivity index (χ1) is 9.74. The summed E-state index contributed by atoms with van der Waals surface area (Å²) < 4.78 is 4.97. The van der Waals surface area contributed by atoms with Crippen LogP contribution in [0.25, 0.3) is 0 Å². The number of benzene rings is 1. The van der Waals surface area contributed by atoms with Gasteiger partial charge in [0.15, 0.2) is 11.5 Å². The highest BCUT2D eigenvalue weighted by molar-refractivity contribution is 5.54. The summed E-state index contributed by atoms with van der Waals surface area (Å²) in [6.45, 7) is -0.780. The van der Waals surface area contributed by atoms with Crippen LogP contribution < -0.4 is 0 Å². The van der Waals surface area contributed by atoms with Gasteiger partial charge in [-0.3, -0.25) is 0 Å². The van der Waals surface area contributed by atoms with Crippen molar-refractivity contribution >= 4 is 0 Å². The Labute approximate surface area is 118 Å². The third-order valence-corrected chi connectivity index (χ3v) is 3.48. The first-order valence-electron chi connectivity index (χ1n) is 6.03. The Kier molecular flexibility index (Phi) is 3.97. The Morgan fingerprint density at radius 2 is 1.62 bits per heavy atom. The van der Waals surface area contributed by atoms with Crippen molar-refractivity contribution in [2.24, 2.45) is 0 Å². The van der Waals surface area contributed by atoms with Gasteiger partial charge in [0, 0.05) is 0 Å². The summed E-state index contributed by atoms with van der Waals surface area (Å²) in [7, 11) is 0. The standard InChI is InChI=1S/C12H16O9/c13-3-6-9(17)10(18)11(19)12(20,21-6)4-1-2-5(14)8(16)7(4)15/h1-2,6,9-11,13-20H,3H2. The van der Waals surface area contributed by atoms with Gasteiger partial charge >= 0.3 is 0 Å². The fourth-order valence-electron chi connectivity index (χ4n) is 2.23. The number of ether oxygens (including phenoxy) is 1. The van der Waals surface area contributed by atoms with Gasteiger partial charge in [0.25, 0.3) is 0 Å². The molecule has 1 aliphatic rings. The first kappa shape index (κ1) is 15.8. The molecule has 0 bridgehead atoms. The van der Waals surface area contributed by atoms with Crippen LogP contribution in [-0.4, -0.2) is 71.9 Å². The highest BCUT2D eigenvalue weighted by Crippen LogP contribution is 2.45. The molecule has 8 N–H and O–H groups in total. The van der Waals surface area contributed by atoms with E-state index < -0.39 is 59.6 Å². The maximum Gasteiger partial charge on any atom is 0.226 e. The second kappa shape index (κ2) is 5.30. The minimum Gasteiger partial charge on any atom is -0.504 e. The molecular formula is C12H16O9. The lowest BCUT2D eigenvalue weighted by atomic mass is 9.87. The lowest BCUT2D eigenvalue weighted by Crippen LogP contribution is -2.63. The van der Waals surface area contributed by atoms with Crippen LogP contribution in [0.5, 0.6) is 17.2 Å². The molecule has 0 spiro atoms. The van der Waals surface area contributed by atoms with Crippen molar-refractivity contribution in [1.29, 1.82) is 0 Å². The molecule has 1 aromatic rings. The Bertz CT molecular complexity index is 532. The zero-order valence-electron chi connectivity index (χ0n) is 10.7. The van der Waals surface area contributed by atoms with E-state index in [-0.39, 0.29) is 0 Å². The molecule has 1 aromatic carbocycles. The fraction of sp³-hybridized carbons (Fsp3) is 0.500. The second-order valence-electron chi connectivity index (χ2n) is 4.79. The van der Waals surface area contributed by atoms with Gasteiger partial charge in [-0.05, 0) is 12.1 Å². The number of aliphatic hydroxyl groups is 5. The summed E-state index contributed by atoms with van der Waals surface area (Å²) in [5.74, 6) is -5.32. The maximum atomic E-state index is 10.4. The van der Waals surface area contributed by atoms with Gasteiger partial charge in [-0.2, -0.15) is 0 Å². The third kappa shape index (κ3) is 2.29. The third-order valence-electron chi connectivity index (χ3n) is 3.48. The van der Waals surface area contributed by atoms with Crippen molar-refractivity contribution < 1.29 is 45.6 Å². The molecular weight excluding hydrogens is 288 g/mol. The van der Waals surface area contributed by atoms with Gasteiger partial charge in [0.05, 0.1) is 12.2 Å². The second-order valence-corrected chi connectivity index (χ2v) is 4.79. The van der Waals surface area contributed by atoms with Crippen molar-refractivity contribution in [2.75, 3.05) is 6.61 Å². The molecule has 9 nitrogen and oxygen atoms in total. The summed E-state index contributed by atoms with van der Waals surface area (Å²) in [6.07, 6.45) is -7.07. The predicted molar refractivity (Wildman–Crippen MR) is 65.3 cm³/mol. The monoisotopic (exact) mass is 304 g/mol. The molecule has 1 heterocycles. The van der Waals surface area contributed by atoms with Crippen LogP contribution in [0.15, 0.2) is 12.1 Å². The van der Waals surface area contributed by atoms with Crippen LogP contribution in [0.1, 0.15) is 5.56 Å². The van der Waals surface area contributed by atoms with E-state index in [4.69, 9.17) is 9.84 Å². The molecule has 1 saturated heterocycles. The van der Waals surface area contributed by atoms with Crippen LogP contribution in [0.2, 0.25) is 0 Å². The first-order valence-corrected chi connectivity index (χ1v) is 6.03. The SMILES string of the molecule is OCC1OC(O)(c2ccc(O)c(O)c2O)C(O)C(O)C1O. The number of aromatic hydroxyl groups is 3. The van der Waals surface area contributed by atoms with E-state index in [0.29, 0.717) is 0 Å². The molecule has 0 radical (unpaired) electrons. The highest BCUT2D eigenvalue weighted by atomic mass is 16.7. The fourth-order valence-corrected chi connectivity index (χ4v) is 2.23. The highest BCUT2D eigenvalue weighted by Gasteiger charge is 2.54. The van der Waals surface area contributed by atoms with Gasteiger partial charge in [0.1, 0.15) is 24.4 Å². The van der Waals surface area contributed by atoms with Gasteiger partial charge in [-0.15, -0.1) is 0 Å². The van der Waals surface area contributed by atoms with E-state index in [0.717, 1.165) is 12.1 Å². The van der Waals surface area contributed by atoms with Gasteiger partial charge in [-0.1, -0.05) is 0 Å². The summed E-state index contributed by atoms with van der Waals surface area (Å²) >= 11 is 0. The van der Waals surface area contributed by atoms with E-state index in [2.05, 4.69) is 0 Å². The van der Waals surface area contributed by atoms with E-state index >= 15 is 0 Å². The summed E-state index contributed by atoms with van der Waals surface area (Å²) in [4.78, 5) is 0. The maximum absolute atomic E-state index is 10.4. The molecule has 0 aliphatic carbocycles. The average Bonchev–Trinajstić information content (AvgIpc) is 2.46. The lowest BCUT2D eigenvalue weighted by Gasteiger charge is -2.45. The van der Waals surface area contributed by atoms with Gasteiger partial charge in [0.2, 0.25) is 11.5 Å². The number of aliphatic hydroxyl groups excluding tert-OH is 4. The van der Waals surface area contributed by atoms with Crippen LogP contribution >= 0.6 is 0 Å². The van der Waals surface area contributed by atoms with Crippen molar-refractivity contribution in [1.82, 2.24) is 0 Å². The zero-order chi connectivity index (χ0) is 15.9. The number of hydrogen-bond acceptors (Lipinski definition) is 9. The van der Waals surface area contributed by atoms with E-state index in [9.17, 15) is 35.7 Å². The van der Waals surface area contributed by atoms with Crippen LogP contribution in [0, 0.1) is 0 Å². The van der Waals surface area contributed by atoms with Crippen LogP contribution in [-0.2, 0) is 10.5 Å². The Morgan fingerprint density at radius 3 is 2.19 bits per heavy atom. The molecule has 9 heteroatoms. The predicted octanol–water partition coefficient (Wildman–Crippen LogP) is -2.58. The van der Waals surface area contributed by atoms with Crippen molar-refractivity contribution in [3.63, 3.8) is 0 Å². The minimum absolute atomic E-state index is 0.547. The van der Waals surface area contributed by atoms with Gasteiger partial charge < -0.3 is 45.6 Å². The van der Waals surface area contributed by atoms with Crippen molar-refractivity contribution in [3.05, 3.63) is 17.7 Å². The smallest absolute Gasteiger partial charge is 0.226 e. The van der Waals surface area contributed by atoms with E-state index in [1.165, 1.54) is 0 Å². The Hall–Kier alpha value is -1.62.